The van der Waals surface area contributed by atoms with Crippen molar-refractivity contribution in [2.24, 2.45) is 5.92 Å². The minimum Gasteiger partial charge on any atom is -0.350 e. The van der Waals surface area contributed by atoms with Gasteiger partial charge in [-0.1, -0.05) is 0 Å². The lowest BCUT2D eigenvalue weighted by atomic mass is 10.1. The van der Waals surface area contributed by atoms with E-state index in [4.69, 9.17) is 0 Å². The smallest absolute Gasteiger partial charge is 0.267 e. The standard InChI is InChI=1S/C13H21N3O/c1-10(2)16-7-3-4-12(16)13(17)15-9-11-5-6-14-8-11/h3-4,7,10-11,14H,5-6,8-9H2,1-2H3,(H,15,17). The number of aromatic nitrogens is 1. The molecule has 94 valence electrons. The van der Waals surface area contributed by atoms with Gasteiger partial charge in [0.15, 0.2) is 0 Å². The maximum atomic E-state index is 12.0. The fraction of sp³-hybridized carbons (Fsp3) is 0.615. The first-order valence-corrected chi connectivity index (χ1v) is 6.34. The quantitative estimate of drug-likeness (QED) is 0.829. The Kier molecular flexibility index (Phi) is 3.84. The number of nitrogens with one attached hydrogen (secondary N) is 2. The third kappa shape index (κ3) is 2.88. The van der Waals surface area contributed by atoms with E-state index in [0.29, 0.717) is 12.0 Å². The van der Waals surface area contributed by atoms with Crippen LogP contribution in [0.25, 0.3) is 0 Å². The zero-order valence-electron chi connectivity index (χ0n) is 10.6. The van der Waals surface area contributed by atoms with Gasteiger partial charge >= 0.3 is 0 Å². The molecule has 0 radical (unpaired) electrons. The number of carbonyl (C=O) groups excluding carboxylic acids is 1. The first-order chi connectivity index (χ1) is 8.18. The molecular formula is C13H21N3O. The average Bonchev–Trinajstić information content (AvgIpc) is 2.96. The summed E-state index contributed by atoms with van der Waals surface area (Å²) in [7, 11) is 0. The topological polar surface area (TPSA) is 46.1 Å². The molecule has 2 rings (SSSR count). The fourth-order valence-corrected chi connectivity index (χ4v) is 2.25. The molecule has 1 amide bonds. The molecule has 4 nitrogen and oxygen atoms in total. The number of hydrogen-bond donors (Lipinski definition) is 2. The molecule has 0 aliphatic carbocycles. The molecule has 2 heterocycles. The number of hydrogen-bond acceptors (Lipinski definition) is 2. The lowest BCUT2D eigenvalue weighted by Gasteiger charge is -2.14. The number of carbonyl (C=O) groups is 1. The van der Waals surface area contributed by atoms with Crippen molar-refractivity contribution in [2.75, 3.05) is 19.6 Å². The van der Waals surface area contributed by atoms with Crippen LogP contribution in [0.15, 0.2) is 18.3 Å². The Hall–Kier alpha value is -1.29. The molecule has 0 aromatic carbocycles. The normalized spacial score (nSPS) is 19.8. The van der Waals surface area contributed by atoms with Crippen molar-refractivity contribution >= 4 is 5.91 Å². The van der Waals surface area contributed by atoms with Gasteiger partial charge in [0.05, 0.1) is 0 Å². The van der Waals surface area contributed by atoms with E-state index < -0.39 is 0 Å². The Labute approximate surface area is 102 Å². The van der Waals surface area contributed by atoms with Crippen molar-refractivity contribution in [2.45, 2.75) is 26.3 Å². The van der Waals surface area contributed by atoms with Crippen molar-refractivity contribution in [1.29, 1.82) is 0 Å². The molecule has 1 aliphatic rings. The van der Waals surface area contributed by atoms with Crippen LogP contribution in [0.5, 0.6) is 0 Å². The van der Waals surface area contributed by atoms with Crippen LogP contribution in [0, 0.1) is 5.92 Å². The van der Waals surface area contributed by atoms with E-state index in [0.717, 1.165) is 31.7 Å². The highest BCUT2D eigenvalue weighted by Gasteiger charge is 2.17. The third-order valence-corrected chi connectivity index (χ3v) is 3.28. The van der Waals surface area contributed by atoms with Gasteiger partial charge in [-0.25, -0.2) is 0 Å². The van der Waals surface area contributed by atoms with Crippen molar-refractivity contribution < 1.29 is 4.79 Å². The molecule has 0 spiro atoms. The van der Waals surface area contributed by atoms with E-state index in [1.165, 1.54) is 0 Å². The van der Waals surface area contributed by atoms with Gasteiger partial charge in [-0.3, -0.25) is 4.79 Å². The monoisotopic (exact) mass is 235 g/mol. The Bertz CT molecular complexity index is 378. The van der Waals surface area contributed by atoms with Crippen LogP contribution in [-0.4, -0.2) is 30.1 Å². The van der Waals surface area contributed by atoms with Gasteiger partial charge in [0.1, 0.15) is 5.69 Å². The predicted molar refractivity (Wildman–Crippen MR) is 68.1 cm³/mol. The summed E-state index contributed by atoms with van der Waals surface area (Å²) in [6.07, 6.45) is 3.11. The minimum absolute atomic E-state index is 0.0376. The van der Waals surface area contributed by atoms with Crippen LogP contribution in [0.3, 0.4) is 0 Å². The summed E-state index contributed by atoms with van der Waals surface area (Å²) >= 11 is 0. The van der Waals surface area contributed by atoms with Gasteiger partial charge in [-0.15, -0.1) is 0 Å². The van der Waals surface area contributed by atoms with Gasteiger partial charge in [-0.2, -0.15) is 0 Å². The number of amides is 1. The average molecular weight is 235 g/mol. The Balaban J connectivity index is 1.92. The first-order valence-electron chi connectivity index (χ1n) is 6.34. The van der Waals surface area contributed by atoms with Crippen molar-refractivity contribution in [3.8, 4) is 0 Å². The van der Waals surface area contributed by atoms with E-state index in [1.54, 1.807) is 0 Å². The van der Waals surface area contributed by atoms with Crippen LogP contribution < -0.4 is 10.6 Å². The molecule has 1 unspecified atom stereocenters. The Morgan fingerprint density at radius 2 is 2.47 bits per heavy atom. The van der Waals surface area contributed by atoms with Gasteiger partial charge in [0, 0.05) is 18.8 Å². The Morgan fingerprint density at radius 1 is 1.65 bits per heavy atom. The molecule has 1 saturated heterocycles. The highest BCUT2D eigenvalue weighted by Crippen LogP contribution is 2.11. The molecule has 1 fully saturated rings. The Morgan fingerprint density at radius 3 is 3.12 bits per heavy atom. The van der Waals surface area contributed by atoms with Crippen molar-refractivity contribution in [1.82, 2.24) is 15.2 Å². The summed E-state index contributed by atoms with van der Waals surface area (Å²) in [5.74, 6) is 0.622. The second-order valence-electron chi connectivity index (χ2n) is 4.96. The number of rotatable bonds is 4. The summed E-state index contributed by atoms with van der Waals surface area (Å²) in [6, 6.07) is 4.12. The van der Waals surface area contributed by atoms with Gasteiger partial charge < -0.3 is 15.2 Å². The zero-order valence-corrected chi connectivity index (χ0v) is 10.6. The molecule has 2 N–H and O–H groups in total. The molecule has 17 heavy (non-hydrogen) atoms. The van der Waals surface area contributed by atoms with E-state index >= 15 is 0 Å². The number of nitrogens with zero attached hydrogens (tertiary/aromatic N) is 1. The molecule has 1 aromatic heterocycles. The largest absolute Gasteiger partial charge is 0.350 e. The molecular weight excluding hydrogens is 214 g/mol. The molecule has 1 aromatic rings. The second kappa shape index (κ2) is 5.36. The molecule has 0 saturated carbocycles. The van der Waals surface area contributed by atoms with Crippen LogP contribution >= 0.6 is 0 Å². The van der Waals surface area contributed by atoms with Gasteiger partial charge in [-0.05, 0) is 51.4 Å². The predicted octanol–water partition coefficient (Wildman–Crippen LogP) is 1.41. The van der Waals surface area contributed by atoms with E-state index in [-0.39, 0.29) is 5.91 Å². The SMILES string of the molecule is CC(C)n1cccc1C(=O)NCC1CCNC1. The second-order valence-corrected chi connectivity index (χ2v) is 4.96. The van der Waals surface area contributed by atoms with Crippen LogP contribution in [0.2, 0.25) is 0 Å². The van der Waals surface area contributed by atoms with Gasteiger partial charge in [0.25, 0.3) is 5.91 Å². The highest BCUT2D eigenvalue weighted by atomic mass is 16.1. The molecule has 1 atom stereocenters. The van der Waals surface area contributed by atoms with E-state index in [2.05, 4.69) is 24.5 Å². The first kappa shape index (κ1) is 12.2. The van der Waals surface area contributed by atoms with E-state index in [9.17, 15) is 4.79 Å². The van der Waals surface area contributed by atoms with Crippen molar-refractivity contribution in [3.63, 3.8) is 0 Å². The summed E-state index contributed by atoms with van der Waals surface area (Å²) in [6.45, 7) is 7.03. The van der Waals surface area contributed by atoms with Gasteiger partial charge in [0.2, 0.25) is 0 Å². The molecule has 4 heteroatoms. The lowest BCUT2D eigenvalue weighted by molar-refractivity contribution is 0.0937. The third-order valence-electron chi connectivity index (χ3n) is 3.28. The maximum Gasteiger partial charge on any atom is 0.267 e. The summed E-state index contributed by atoms with van der Waals surface area (Å²) in [5.41, 5.74) is 0.756. The minimum atomic E-state index is 0.0376. The van der Waals surface area contributed by atoms with Crippen LogP contribution in [-0.2, 0) is 0 Å². The summed E-state index contributed by atoms with van der Waals surface area (Å²) < 4.78 is 2.00. The van der Waals surface area contributed by atoms with Crippen LogP contribution in [0.1, 0.15) is 36.8 Å². The molecule has 0 bridgehead atoms. The van der Waals surface area contributed by atoms with Crippen molar-refractivity contribution in [3.05, 3.63) is 24.0 Å². The zero-order chi connectivity index (χ0) is 12.3. The van der Waals surface area contributed by atoms with Crippen LogP contribution in [0.4, 0.5) is 0 Å². The maximum absolute atomic E-state index is 12.0. The highest BCUT2D eigenvalue weighted by molar-refractivity contribution is 5.92. The van der Waals surface area contributed by atoms with E-state index in [1.807, 2.05) is 22.9 Å². The summed E-state index contributed by atoms with van der Waals surface area (Å²) in [5, 5.41) is 6.33. The fourth-order valence-electron chi connectivity index (χ4n) is 2.25. The lowest BCUT2D eigenvalue weighted by Crippen LogP contribution is -2.31. The molecule has 1 aliphatic heterocycles. The summed E-state index contributed by atoms with van der Waals surface area (Å²) in [4.78, 5) is 12.0.